The number of rotatable bonds is 5. The number of aryl methyl sites for hydroxylation is 2. The highest BCUT2D eigenvalue weighted by Crippen LogP contribution is 2.36. The first-order valence-corrected chi connectivity index (χ1v) is 11.0. The smallest absolute Gasteiger partial charge is 0.343 e. The van der Waals surface area contributed by atoms with Crippen LogP contribution in [0.1, 0.15) is 38.8 Å². The predicted octanol–water partition coefficient (Wildman–Crippen LogP) is 5.81. The summed E-state index contributed by atoms with van der Waals surface area (Å²) in [5.74, 6) is 0.960. The number of carbonyl (C=O) groups excluding carboxylic acids is 2. The molecule has 0 radical (unpaired) electrons. The van der Waals surface area contributed by atoms with Gasteiger partial charge in [0.15, 0.2) is 5.76 Å². The molecule has 6 heteroatoms. The summed E-state index contributed by atoms with van der Waals surface area (Å²) in [6, 6.07) is 17.9. The maximum absolute atomic E-state index is 13.0. The van der Waals surface area contributed by atoms with Gasteiger partial charge in [0.05, 0.1) is 18.2 Å². The summed E-state index contributed by atoms with van der Waals surface area (Å²) in [7, 11) is 1.62. The van der Waals surface area contributed by atoms with E-state index in [1.165, 1.54) is 0 Å². The summed E-state index contributed by atoms with van der Waals surface area (Å²) in [5.41, 5.74) is 3.65. The molecule has 170 valence electrons. The molecule has 0 unspecified atom stereocenters. The van der Waals surface area contributed by atoms with Crippen molar-refractivity contribution in [3.63, 3.8) is 0 Å². The van der Waals surface area contributed by atoms with E-state index in [1.807, 2.05) is 43.5 Å². The molecule has 1 aliphatic heterocycles. The van der Waals surface area contributed by atoms with Crippen LogP contribution in [0.2, 0.25) is 0 Å². The number of Topliss-reactive ketones (excluding diaryl/α,β-unsaturated/α-hetero) is 1. The summed E-state index contributed by atoms with van der Waals surface area (Å²) >= 11 is 0. The number of nitrogens with zero attached hydrogens (tertiary/aromatic N) is 1. The summed E-state index contributed by atoms with van der Waals surface area (Å²) < 4.78 is 18.9. The molecule has 0 saturated carbocycles. The summed E-state index contributed by atoms with van der Waals surface area (Å²) in [6.07, 6.45) is 3.74. The first-order valence-electron chi connectivity index (χ1n) is 11.0. The van der Waals surface area contributed by atoms with Crippen LogP contribution in [0.25, 0.3) is 17.0 Å². The van der Waals surface area contributed by atoms with Crippen LogP contribution in [0.3, 0.4) is 0 Å². The molecule has 34 heavy (non-hydrogen) atoms. The monoisotopic (exact) mass is 453 g/mol. The molecule has 1 aliphatic rings. The predicted molar refractivity (Wildman–Crippen MR) is 130 cm³/mol. The van der Waals surface area contributed by atoms with Crippen LogP contribution in [-0.2, 0) is 6.54 Å². The lowest BCUT2D eigenvalue weighted by atomic mass is 10.1. The second kappa shape index (κ2) is 8.56. The van der Waals surface area contributed by atoms with Crippen LogP contribution in [0.4, 0.5) is 0 Å². The summed E-state index contributed by atoms with van der Waals surface area (Å²) in [5, 5.41) is 0.967. The molecule has 1 aromatic heterocycles. The lowest BCUT2D eigenvalue weighted by Gasteiger charge is -2.07. The average Bonchev–Trinajstić information content (AvgIpc) is 3.35. The number of hydrogen-bond donors (Lipinski definition) is 0. The number of aromatic nitrogens is 1. The molecule has 0 N–H and O–H groups in total. The zero-order chi connectivity index (χ0) is 23.8. The molecule has 0 saturated heterocycles. The highest BCUT2D eigenvalue weighted by Gasteiger charge is 2.28. The van der Waals surface area contributed by atoms with Crippen molar-refractivity contribution >= 4 is 28.7 Å². The second-order valence-electron chi connectivity index (χ2n) is 8.06. The van der Waals surface area contributed by atoms with Gasteiger partial charge in [0.1, 0.15) is 17.2 Å². The van der Waals surface area contributed by atoms with Gasteiger partial charge >= 0.3 is 5.97 Å². The fourth-order valence-electron chi connectivity index (χ4n) is 4.14. The highest BCUT2D eigenvalue weighted by molar-refractivity contribution is 6.15. The van der Waals surface area contributed by atoms with Crippen molar-refractivity contribution in [3.05, 3.63) is 94.9 Å². The van der Waals surface area contributed by atoms with Crippen molar-refractivity contribution < 1.29 is 23.8 Å². The molecule has 4 aromatic rings. The Balaban J connectivity index is 1.45. The Morgan fingerprint density at radius 3 is 2.62 bits per heavy atom. The van der Waals surface area contributed by atoms with E-state index in [0.29, 0.717) is 22.6 Å². The minimum atomic E-state index is -0.459. The quantitative estimate of drug-likeness (QED) is 0.217. The number of allylic oxidation sites excluding steroid dienone is 1. The normalized spacial score (nSPS) is 13.7. The number of esters is 1. The molecule has 3 aromatic carbocycles. The van der Waals surface area contributed by atoms with E-state index in [2.05, 4.69) is 11.5 Å². The Bertz CT molecular complexity index is 1480. The van der Waals surface area contributed by atoms with Crippen LogP contribution >= 0.6 is 0 Å². The first-order chi connectivity index (χ1) is 16.5. The van der Waals surface area contributed by atoms with Crippen LogP contribution in [-0.4, -0.2) is 23.4 Å². The number of fused-ring (bicyclic) bond motifs is 2. The van der Waals surface area contributed by atoms with Crippen molar-refractivity contribution in [2.75, 3.05) is 7.11 Å². The van der Waals surface area contributed by atoms with Gasteiger partial charge in [-0.2, -0.15) is 0 Å². The minimum absolute atomic E-state index is 0.216. The van der Waals surface area contributed by atoms with Gasteiger partial charge < -0.3 is 18.8 Å². The third-order valence-electron chi connectivity index (χ3n) is 5.96. The van der Waals surface area contributed by atoms with Crippen molar-refractivity contribution in [1.29, 1.82) is 0 Å². The Kier molecular flexibility index (Phi) is 5.42. The zero-order valence-corrected chi connectivity index (χ0v) is 19.1. The second-order valence-corrected chi connectivity index (χ2v) is 8.06. The van der Waals surface area contributed by atoms with Crippen LogP contribution in [0.5, 0.6) is 17.2 Å². The maximum Gasteiger partial charge on any atom is 0.343 e. The van der Waals surface area contributed by atoms with Gasteiger partial charge in [-0.15, -0.1) is 0 Å². The minimum Gasteiger partial charge on any atom is -0.497 e. The van der Waals surface area contributed by atoms with E-state index in [-0.39, 0.29) is 11.5 Å². The molecule has 0 amide bonds. The average molecular weight is 453 g/mol. The van der Waals surface area contributed by atoms with E-state index < -0.39 is 5.97 Å². The molecule has 0 fully saturated rings. The number of hydrogen-bond acceptors (Lipinski definition) is 5. The van der Waals surface area contributed by atoms with Crippen molar-refractivity contribution in [3.8, 4) is 17.2 Å². The molecule has 6 nitrogen and oxygen atoms in total. The van der Waals surface area contributed by atoms with Gasteiger partial charge in [0.2, 0.25) is 5.78 Å². The summed E-state index contributed by atoms with van der Waals surface area (Å²) in [4.78, 5) is 25.6. The fraction of sp³-hybridized carbons (Fsp3) is 0.143. The van der Waals surface area contributed by atoms with Gasteiger partial charge in [-0.3, -0.25) is 4.79 Å². The van der Waals surface area contributed by atoms with Gasteiger partial charge in [-0.1, -0.05) is 18.2 Å². The SMILES string of the molecule is CCn1cc(C=C2Oc3cc(OC(=O)c4ccccc4C)ccc3C2=O)c2cc(OC)ccc21. The van der Waals surface area contributed by atoms with Gasteiger partial charge in [0, 0.05) is 35.3 Å². The van der Waals surface area contributed by atoms with E-state index in [4.69, 9.17) is 14.2 Å². The van der Waals surface area contributed by atoms with Gasteiger partial charge in [-0.05, 0) is 61.9 Å². The first kappa shape index (κ1) is 21.5. The molecule has 0 aliphatic carbocycles. The van der Waals surface area contributed by atoms with Crippen LogP contribution in [0, 0.1) is 6.92 Å². The van der Waals surface area contributed by atoms with Crippen molar-refractivity contribution in [1.82, 2.24) is 4.57 Å². The maximum atomic E-state index is 13.0. The van der Waals surface area contributed by atoms with Crippen LogP contribution in [0.15, 0.2) is 72.6 Å². The molecule has 0 atom stereocenters. The third kappa shape index (κ3) is 3.73. The van der Waals surface area contributed by atoms with E-state index in [9.17, 15) is 9.59 Å². The number of carbonyl (C=O) groups is 2. The molecule has 5 rings (SSSR count). The van der Waals surface area contributed by atoms with E-state index in [1.54, 1.807) is 43.5 Å². The summed E-state index contributed by atoms with van der Waals surface area (Å²) in [6.45, 7) is 4.70. The molecule has 0 bridgehead atoms. The molecule has 2 heterocycles. The van der Waals surface area contributed by atoms with Crippen molar-refractivity contribution in [2.45, 2.75) is 20.4 Å². The Labute approximate surface area is 197 Å². The number of ether oxygens (including phenoxy) is 3. The Morgan fingerprint density at radius 2 is 1.85 bits per heavy atom. The van der Waals surface area contributed by atoms with Crippen molar-refractivity contribution in [2.24, 2.45) is 0 Å². The lowest BCUT2D eigenvalue weighted by Crippen LogP contribution is -2.10. The van der Waals surface area contributed by atoms with Gasteiger partial charge in [-0.25, -0.2) is 4.79 Å². The Hall–Kier alpha value is -4.32. The Morgan fingerprint density at radius 1 is 1.06 bits per heavy atom. The van der Waals surface area contributed by atoms with Gasteiger partial charge in [0.25, 0.3) is 0 Å². The van der Waals surface area contributed by atoms with E-state index in [0.717, 1.165) is 34.3 Å². The van der Waals surface area contributed by atoms with Crippen LogP contribution < -0.4 is 14.2 Å². The number of methoxy groups -OCH3 is 1. The highest BCUT2D eigenvalue weighted by atomic mass is 16.5. The number of benzene rings is 3. The number of ketones is 1. The molecule has 0 spiro atoms. The lowest BCUT2D eigenvalue weighted by molar-refractivity contribution is 0.0733. The van der Waals surface area contributed by atoms with E-state index >= 15 is 0 Å². The molecular weight excluding hydrogens is 430 g/mol. The molecular formula is C28H23NO5. The third-order valence-corrected chi connectivity index (χ3v) is 5.96. The largest absolute Gasteiger partial charge is 0.497 e. The standard InChI is InChI=1S/C28H23NO5/c1-4-29-16-18(23-14-19(32-3)10-12-24(23)29)13-26-27(30)22-11-9-20(15-25(22)34-26)33-28(31)21-8-6-5-7-17(21)2/h5-16H,4H2,1-3H3. The fourth-order valence-corrected chi connectivity index (χ4v) is 4.14. The topological polar surface area (TPSA) is 66.8 Å². The zero-order valence-electron chi connectivity index (χ0n) is 19.1.